The Morgan fingerprint density at radius 3 is 2.67 bits per heavy atom. The van der Waals surface area contributed by atoms with Gasteiger partial charge < -0.3 is 15.7 Å². The first-order chi connectivity index (χ1) is 7.04. The lowest BCUT2D eigenvalue weighted by molar-refractivity contribution is 0.201. The maximum absolute atomic E-state index is 9.30. The molecule has 4 heteroatoms. The van der Waals surface area contributed by atoms with Gasteiger partial charge in [-0.05, 0) is 40.5 Å². The van der Waals surface area contributed by atoms with Crippen molar-refractivity contribution in [2.75, 3.05) is 18.5 Å². The third kappa shape index (κ3) is 3.48. The predicted molar refractivity (Wildman–Crippen MR) is 67.0 cm³/mol. The van der Waals surface area contributed by atoms with E-state index < -0.39 is 0 Å². The van der Waals surface area contributed by atoms with E-state index in [0.29, 0.717) is 13.1 Å². The zero-order valence-electron chi connectivity index (χ0n) is 9.07. The molecule has 1 aromatic carbocycles. The maximum atomic E-state index is 9.30. The van der Waals surface area contributed by atoms with E-state index in [4.69, 9.17) is 5.73 Å². The largest absolute Gasteiger partial charge is 0.392 e. The Bertz CT molecular complexity index is 328. The van der Waals surface area contributed by atoms with Crippen molar-refractivity contribution in [1.29, 1.82) is 0 Å². The zero-order chi connectivity index (χ0) is 11.4. The summed E-state index contributed by atoms with van der Waals surface area (Å²) in [5.41, 5.74) is 7.71. The normalized spacial score (nSPS) is 12.6. The third-order valence-electron chi connectivity index (χ3n) is 2.20. The first-order valence-electron chi connectivity index (χ1n) is 4.92. The van der Waals surface area contributed by atoms with Crippen LogP contribution in [0, 0.1) is 0 Å². The van der Waals surface area contributed by atoms with Crippen LogP contribution in [0.5, 0.6) is 0 Å². The van der Waals surface area contributed by atoms with Gasteiger partial charge in [0.05, 0.1) is 11.8 Å². The highest BCUT2D eigenvalue weighted by atomic mass is 79.9. The van der Waals surface area contributed by atoms with Crippen molar-refractivity contribution in [2.24, 2.45) is 5.73 Å². The smallest absolute Gasteiger partial charge is 0.0686 e. The van der Waals surface area contributed by atoms with Crippen molar-refractivity contribution in [3.8, 4) is 0 Å². The molecule has 0 fully saturated rings. The fourth-order valence-corrected chi connectivity index (χ4v) is 2.21. The molecule has 0 saturated carbocycles. The maximum Gasteiger partial charge on any atom is 0.0686 e. The molecular formula is C11H17BrN2O. The number of likely N-dealkylation sites (N-methyl/N-ethyl adjacent to an activating group) is 1. The summed E-state index contributed by atoms with van der Waals surface area (Å²) in [6.07, 6.45) is -0.337. The number of hydrogen-bond acceptors (Lipinski definition) is 3. The van der Waals surface area contributed by atoms with Crippen LogP contribution in [0.2, 0.25) is 0 Å². The zero-order valence-corrected chi connectivity index (χ0v) is 10.7. The second-order valence-electron chi connectivity index (χ2n) is 3.72. The minimum absolute atomic E-state index is 0.337. The number of nitrogens with two attached hydrogens (primary N) is 1. The van der Waals surface area contributed by atoms with E-state index in [0.717, 1.165) is 15.7 Å². The van der Waals surface area contributed by atoms with Crippen molar-refractivity contribution in [1.82, 2.24) is 0 Å². The molecule has 0 radical (unpaired) electrons. The Hall–Kier alpha value is -0.580. The summed E-state index contributed by atoms with van der Waals surface area (Å²) < 4.78 is 1.01. The van der Waals surface area contributed by atoms with E-state index in [-0.39, 0.29) is 6.10 Å². The molecule has 1 rings (SSSR count). The Balaban J connectivity index is 2.85. The fourth-order valence-electron chi connectivity index (χ4n) is 1.48. The minimum atomic E-state index is -0.337. The van der Waals surface area contributed by atoms with Crippen LogP contribution in [-0.2, 0) is 6.54 Å². The van der Waals surface area contributed by atoms with Crippen LogP contribution in [0.3, 0.4) is 0 Å². The van der Waals surface area contributed by atoms with Gasteiger partial charge in [0.25, 0.3) is 0 Å². The van der Waals surface area contributed by atoms with Crippen molar-refractivity contribution < 1.29 is 5.11 Å². The van der Waals surface area contributed by atoms with E-state index in [9.17, 15) is 5.11 Å². The van der Waals surface area contributed by atoms with E-state index >= 15 is 0 Å². The summed E-state index contributed by atoms with van der Waals surface area (Å²) in [6.45, 7) is 2.93. The van der Waals surface area contributed by atoms with Gasteiger partial charge in [-0.3, -0.25) is 0 Å². The quantitative estimate of drug-likeness (QED) is 0.878. The average molecular weight is 273 g/mol. The van der Waals surface area contributed by atoms with Gasteiger partial charge in [0.15, 0.2) is 0 Å². The van der Waals surface area contributed by atoms with Crippen LogP contribution in [0.25, 0.3) is 0 Å². The topological polar surface area (TPSA) is 49.5 Å². The number of aliphatic hydroxyl groups excluding tert-OH is 1. The molecule has 1 aromatic rings. The Morgan fingerprint density at radius 2 is 2.20 bits per heavy atom. The highest BCUT2D eigenvalue weighted by molar-refractivity contribution is 9.10. The second-order valence-corrected chi connectivity index (χ2v) is 4.57. The number of halogens is 1. The van der Waals surface area contributed by atoms with Gasteiger partial charge in [0.2, 0.25) is 0 Å². The summed E-state index contributed by atoms with van der Waals surface area (Å²) >= 11 is 3.50. The van der Waals surface area contributed by atoms with Gasteiger partial charge in [0.1, 0.15) is 0 Å². The average Bonchev–Trinajstić information content (AvgIpc) is 2.16. The molecule has 0 amide bonds. The number of nitrogens with zero attached hydrogens (tertiary/aromatic N) is 1. The highest BCUT2D eigenvalue weighted by Crippen LogP contribution is 2.26. The molecule has 0 aliphatic carbocycles. The molecule has 0 spiro atoms. The molecule has 0 heterocycles. The Morgan fingerprint density at radius 1 is 1.53 bits per heavy atom. The summed E-state index contributed by atoms with van der Waals surface area (Å²) in [6, 6.07) is 6.02. The Labute approximate surface area is 99.0 Å². The lowest BCUT2D eigenvalue weighted by Gasteiger charge is -2.22. The summed E-state index contributed by atoms with van der Waals surface area (Å²) in [5.74, 6) is 0. The minimum Gasteiger partial charge on any atom is -0.392 e. The van der Waals surface area contributed by atoms with Gasteiger partial charge in [-0.25, -0.2) is 0 Å². The first kappa shape index (κ1) is 12.5. The molecule has 0 aromatic heterocycles. The van der Waals surface area contributed by atoms with Crippen molar-refractivity contribution in [2.45, 2.75) is 19.6 Å². The Kier molecular flexibility index (Phi) is 4.57. The monoisotopic (exact) mass is 272 g/mol. The van der Waals surface area contributed by atoms with Crippen LogP contribution in [0.4, 0.5) is 5.69 Å². The number of hydrogen-bond donors (Lipinski definition) is 2. The van der Waals surface area contributed by atoms with E-state index in [2.05, 4.69) is 15.9 Å². The molecule has 0 saturated heterocycles. The van der Waals surface area contributed by atoms with Gasteiger partial charge in [-0.15, -0.1) is 0 Å². The standard InChI is InChI=1S/C11H17BrN2O/c1-8(15)7-14(2)11-4-3-9(6-13)5-10(11)12/h3-5,8,15H,6-7,13H2,1-2H3. The first-order valence-corrected chi connectivity index (χ1v) is 5.71. The van der Waals surface area contributed by atoms with E-state index in [1.165, 1.54) is 0 Å². The van der Waals surface area contributed by atoms with Gasteiger partial charge in [0, 0.05) is 24.6 Å². The van der Waals surface area contributed by atoms with Crippen molar-refractivity contribution in [3.63, 3.8) is 0 Å². The molecule has 84 valence electrons. The van der Waals surface area contributed by atoms with Crippen LogP contribution in [0.15, 0.2) is 22.7 Å². The predicted octanol–water partition coefficient (Wildman–Crippen LogP) is 1.72. The van der Waals surface area contributed by atoms with E-state index in [1.807, 2.05) is 30.1 Å². The van der Waals surface area contributed by atoms with Crippen molar-refractivity contribution >= 4 is 21.6 Å². The lowest BCUT2D eigenvalue weighted by atomic mass is 10.2. The second kappa shape index (κ2) is 5.49. The fraction of sp³-hybridized carbons (Fsp3) is 0.455. The molecule has 15 heavy (non-hydrogen) atoms. The summed E-state index contributed by atoms with van der Waals surface area (Å²) in [7, 11) is 1.95. The van der Waals surface area contributed by atoms with Crippen LogP contribution < -0.4 is 10.6 Å². The third-order valence-corrected chi connectivity index (χ3v) is 2.83. The molecule has 0 bridgehead atoms. The molecule has 3 nitrogen and oxygen atoms in total. The van der Waals surface area contributed by atoms with Crippen LogP contribution >= 0.6 is 15.9 Å². The molecule has 0 aliphatic heterocycles. The van der Waals surface area contributed by atoms with Gasteiger partial charge in [-0.2, -0.15) is 0 Å². The van der Waals surface area contributed by atoms with Crippen molar-refractivity contribution in [3.05, 3.63) is 28.2 Å². The number of benzene rings is 1. The summed E-state index contributed by atoms with van der Waals surface area (Å²) in [4.78, 5) is 2.01. The lowest BCUT2D eigenvalue weighted by Crippen LogP contribution is -2.27. The SMILES string of the molecule is CC(O)CN(C)c1ccc(CN)cc1Br. The van der Waals surface area contributed by atoms with E-state index in [1.54, 1.807) is 6.92 Å². The molecule has 1 atom stereocenters. The van der Waals surface area contributed by atoms with Crippen LogP contribution in [0.1, 0.15) is 12.5 Å². The molecule has 0 aliphatic rings. The summed E-state index contributed by atoms with van der Waals surface area (Å²) in [5, 5.41) is 9.30. The number of rotatable bonds is 4. The molecule has 3 N–H and O–H groups in total. The number of anilines is 1. The molecule has 1 unspecified atom stereocenters. The van der Waals surface area contributed by atoms with Gasteiger partial charge >= 0.3 is 0 Å². The van der Waals surface area contributed by atoms with Gasteiger partial charge in [-0.1, -0.05) is 6.07 Å². The number of aliphatic hydroxyl groups is 1. The highest BCUT2D eigenvalue weighted by Gasteiger charge is 2.08. The molecular weight excluding hydrogens is 256 g/mol. The van der Waals surface area contributed by atoms with Crippen LogP contribution in [-0.4, -0.2) is 24.8 Å².